The van der Waals surface area contributed by atoms with Crippen molar-refractivity contribution in [3.8, 4) is 0 Å². The van der Waals surface area contributed by atoms with Crippen LogP contribution in [0.15, 0.2) is 24.3 Å². The highest BCUT2D eigenvalue weighted by atomic mass is 19.1. The lowest BCUT2D eigenvalue weighted by Gasteiger charge is -2.28. The lowest BCUT2D eigenvalue weighted by molar-refractivity contribution is 0.0930. The first kappa shape index (κ1) is 14.6. The summed E-state index contributed by atoms with van der Waals surface area (Å²) in [6.45, 7) is 4.71. The minimum Gasteiger partial charge on any atom is -0.350 e. The van der Waals surface area contributed by atoms with Gasteiger partial charge in [-0.1, -0.05) is 26.0 Å². The number of carbonyl (C=O) groups is 1. The van der Waals surface area contributed by atoms with E-state index in [1.807, 2.05) is 14.1 Å². The molecule has 0 aliphatic carbocycles. The summed E-state index contributed by atoms with van der Waals surface area (Å²) >= 11 is 0. The Morgan fingerprint density at radius 3 is 2.44 bits per heavy atom. The van der Waals surface area contributed by atoms with Crippen LogP contribution in [0, 0.1) is 11.7 Å². The summed E-state index contributed by atoms with van der Waals surface area (Å²) in [6, 6.07) is 6.25. The Bertz CT molecular complexity index is 397. The molecule has 1 aromatic carbocycles. The maximum absolute atomic E-state index is 13.4. The molecular formula is C14H21FN2O. The Hall–Kier alpha value is -1.42. The highest BCUT2D eigenvalue weighted by molar-refractivity contribution is 5.94. The summed E-state index contributed by atoms with van der Waals surface area (Å²) in [6.07, 6.45) is 0. The van der Waals surface area contributed by atoms with Crippen LogP contribution < -0.4 is 5.32 Å². The fraction of sp³-hybridized carbons (Fsp3) is 0.500. The summed E-state index contributed by atoms with van der Waals surface area (Å²) in [7, 11) is 3.94. The van der Waals surface area contributed by atoms with Crippen molar-refractivity contribution in [1.82, 2.24) is 10.2 Å². The standard InChI is InChI=1S/C14H21FN2O/c1-10(2)13(17(3)4)9-16-14(18)11-7-5-6-8-12(11)15/h5-8,10,13H,9H2,1-4H3,(H,16,18). The van der Waals surface area contributed by atoms with Crippen LogP contribution in [0.1, 0.15) is 24.2 Å². The highest BCUT2D eigenvalue weighted by Crippen LogP contribution is 2.08. The number of halogens is 1. The van der Waals surface area contributed by atoms with Gasteiger partial charge in [-0.15, -0.1) is 0 Å². The highest BCUT2D eigenvalue weighted by Gasteiger charge is 2.18. The zero-order valence-corrected chi connectivity index (χ0v) is 11.4. The van der Waals surface area contributed by atoms with E-state index < -0.39 is 5.82 Å². The minimum absolute atomic E-state index is 0.0961. The van der Waals surface area contributed by atoms with Gasteiger partial charge in [0.05, 0.1) is 5.56 Å². The van der Waals surface area contributed by atoms with Crippen molar-refractivity contribution >= 4 is 5.91 Å². The Balaban J connectivity index is 2.64. The van der Waals surface area contributed by atoms with Gasteiger partial charge in [0, 0.05) is 12.6 Å². The van der Waals surface area contributed by atoms with Crippen molar-refractivity contribution in [3.63, 3.8) is 0 Å². The summed E-state index contributed by atoms with van der Waals surface area (Å²) in [5.74, 6) is -0.428. The van der Waals surface area contributed by atoms with E-state index in [9.17, 15) is 9.18 Å². The average Bonchev–Trinajstić information content (AvgIpc) is 2.28. The Labute approximate surface area is 108 Å². The second-order valence-corrected chi connectivity index (χ2v) is 4.96. The molecule has 0 fully saturated rings. The molecule has 0 saturated heterocycles. The largest absolute Gasteiger partial charge is 0.350 e. The van der Waals surface area contributed by atoms with Gasteiger partial charge in [0.1, 0.15) is 5.82 Å². The third kappa shape index (κ3) is 3.81. The molecule has 1 rings (SSSR count). The van der Waals surface area contributed by atoms with Crippen LogP contribution in [-0.4, -0.2) is 37.5 Å². The fourth-order valence-corrected chi connectivity index (χ4v) is 1.95. The molecule has 0 aliphatic rings. The van der Waals surface area contributed by atoms with Crippen molar-refractivity contribution in [2.75, 3.05) is 20.6 Å². The van der Waals surface area contributed by atoms with E-state index in [4.69, 9.17) is 0 Å². The van der Waals surface area contributed by atoms with Gasteiger partial charge in [0.15, 0.2) is 0 Å². The van der Waals surface area contributed by atoms with Gasteiger partial charge in [-0.05, 0) is 32.1 Å². The summed E-state index contributed by atoms with van der Waals surface area (Å²) < 4.78 is 13.4. The lowest BCUT2D eigenvalue weighted by atomic mass is 10.0. The maximum atomic E-state index is 13.4. The smallest absolute Gasteiger partial charge is 0.254 e. The Kier molecular flexibility index (Phi) is 5.28. The first-order valence-electron chi connectivity index (χ1n) is 6.12. The van der Waals surface area contributed by atoms with Gasteiger partial charge < -0.3 is 10.2 Å². The molecule has 0 spiro atoms. The van der Waals surface area contributed by atoms with Crippen molar-refractivity contribution < 1.29 is 9.18 Å². The van der Waals surface area contributed by atoms with E-state index in [0.717, 1.165) is 0 Å². The number of nitrogens with one attached hydrogen (secondary N) is 1. The third-order valence-electron chi connectivity index (χ3n) is 3.02. The summed E-state index contributed by atoms with van der Waals surface area (Å²) in [4.78, 5) is 13.9. The number of benzene rings is 1. The molecule has 1 aromatic rings. The molecule has 18 heavy (non-hydrogen) atoms. The number of carbonyl (C=O) groups excluding carboxylic acids is 1. The molecule has 3 nitrogen and oxygen atoms in total. The lowest BCUT2D eigenvalue weighted by Crippen LogP contribution is -2.43. The van der Waals surface area contributed by atoms with Crippen LogP contribution >= 0.6 is 0 Å². The average molecular weight is 252 g/mol. The Morgan fingerprint density at radius 2 is 1.94 bits per heavy atom. The van der Waals surface area contributed by atoms with Crippen molar-refractivity contribution in [2.45, 2.75) is 19.9 Å². The molecule has 0 aliphatic heterocycles. The number of nitrogens with zero attached hydrogens (tertiary/aromatic N) is 1. The topological polar surface area (TPSA) is 32.3 Å². The van der Waals surface area contributed by atoms with Gasteiger partial charge >= 0.3 is 0 Å². The van der Waals surface area contributed by atoms with Crippen LogP contribution in [0.2, 0.25) is 0 Å². The molecule has 1 atom stereocenters. The van der Waals surface area contributed by atoms with E-state index in [0.29, 0.717) is 12.5 Å². The first-order valence-corrected chi connectivity index (χ1v) is 6.12. The van der Waals surface area contributed by atoms with Gasteiger partial charge in [-0.3, -0.25) is 4.79 Å². The van der Waals surface area contributed by atoms with Crippen LogP contribution in [0.3, 0.4) is 0 Å². The van der Waals surface area contributed by atoms with E-state index >= 15 is 0 Å². The van der Waals surface area contributed by atoms with Gasteiger partial charge in [-0.25, -0.2) is 4.39 Å². The summed E-state index contributed by atoms with van der Waals surface area (Å²) in [5.41, 5.74) is 0.0961. The minimum atomic E-state index is -0.485. The maximum Gasteiger partial charge on any atom is 0.254 e. The monoisotopic (exact) mass is 252 g/mol. The molecule has 1 unspecified atom stereocenters. The SMILES string of the molecule is CC(C)C(CNC(=O)c1ccccc1F)N(C)C. The second-order valence-electron chi connectivity index (χ2n) is 4.96. The van der Waals surface area contributed by atoms with Gasteiger partial charge in [0.2, 0.25) is 0 Å². The van der Waals surface area contributed by atoms with Gasteiger partial charge in [-0.2, -0.15) is 0 Å². The molecule has 100 valence electrons. The number of amides is 1. The molecule has 1 amide bonds. The van der Waals surface area contributed by atoms with Crippen LogP contribution in [0.4, 0.5) is 4.39 Å². The zero-order chi connectivity index (χ0) is 13.7. The third-order valence-corrected chi connectivity index (χ3v) is 3.02. The summed E-state index contributed by atoms with van der Waals surface area (Å²) in [5, 5.41) is 2.78. The molecule has 0 bridgehead atoms. The normalized spacial score (nSPS) is 12.8. The van der Waals surface area contributed by atoms with E-state index in [1.54, 1.807) is 12.1 Å². The predicted molar refractivity (Wildman–Crippen MR) is 71.0 cm³/mol. The fourth-order valence-electron chi connectivity index (χ4n) is 1.95. The van der Waals surface area contributed by atoms with E-state index in [2.05, 4.69) is 24.1 Å². The molecular weight excluding hydrogens is 231 g/mol. The van der Waals surface area contributed by atoms with E-state index in [-0.39, 0.29) is 17.5 Å². The van der Waals surface area contributed by atoms with Crippen LogP contribution in [-0.2, 0) is 0 Å². The molecule has 0 radical (unpaired) electrons. The van der Waals surface area contributed by atoms with Crippen LogP contribution in [0.25, 0.3) is 0 Å². The molecule has 4 heteroatoms. The number of hydrogen-bond acceptors (Lipinski definition) is 2. The Morgan fingerprint density at radius 1 is 1.33 bits per heavy atom. The number of hydrogen-bond donors (Lipinski definition) is 1. The van der Waals surface area contributed by atoms with Crippen molar-refractivity contribution in [2.24, 2.45) is 5.92 Å². The molecule has 0 saturated carbocycles. The number of likely N-dealkylation sites (N-methyl/N-ethyl adjacent to an activating group) is 1. The predicted octanol–water partition coefficient (Wildman–Crippen LogP) is 2.14. The second kappa shape index (κ2) is 6.50. The first-order chi connectivity index (χ1) is 8.43. The number of rotatable bonds is 5. The molecule has 1 N–H and O–H groups in total. The quantitative estimate of drug-likeness (QED) is 0.870. The van der Waals surface area contributed by atoms with Gasteiger partial charge in [0.25, 0.3) is 5.91 Å². The van der Waals surface area contributed by atoms with Crippen LogP contribution in [0.5, 0.6) is 0 Å². The molecule has 0 aromatic heterocycles. The van der Waals surface area contributed by atoms with Crippen molar-refractivity contribution in [1.29, 1.82) is 0 Å². The van der Waals surface area contributed by atoms with E-state index in [1.165, 1.54) is 12.1 Å². The zero-order valence-electron chi connectivity index (χ0n) is 11.4. The molecule has 0 heterocycles. The van der Waals surface area contributed by atoms with Crippen molar-refractivity contribution in [3.05, 3.63) is 35.6 Å².